The lowest BCUT2D eigenvalue weighted by molar-refractivity contribution is -0.465. The number of rotatable bonds is 0. The molecule has 2 N–H and O–H groups in total. The van der Waals surface area contributed by atoms with Crippen molar-refractivity contribution < 1.29 is 14.7 Å². The quantitative estimate of drug-likeness (QED) is 0.457. The lowest BCUT2D eigenvalue weighted by atomic mass is 10.3. The monoisotopic (exact) mass is 179 g/mol. The van der Waals surface area contributed by atoms with Gasteiger partial charge in [0.05, 0.1) is 4.43 Å². The Bertz CT molecular complexity index is 518. The molecule has 0 saturated heterocycles. The van der Waals surface area contributed by atoms with Crippen LogP contribution in [-0.4, -0.2) is 15.0 Å². The zero-order chi connectivity index (χ0) is 9.42. The van der Waals surface area contributed by atoms with E-state index < -0.39 is 0 Å². The van der Waals surface area contributed by atoms with Crippen LogP contribution in [0.2, 0.25) is 0 Å². The molecule has 2 rings (SSSR count). The number of fused-ring (bicyclic) bond motifs is 1. The molecule has 0 bridgehead atoms. The van der Waals surface area contributed by atoms with Gasteiger partial charge in [0.15, 0.2) is 5.52 Å². The summed E-state index contributed by atoms with van der Waals surface area (Å²) in [4.78, 5) is 11.2. The Morgan fingerprint density at radius 3 is 2.92 bits per heavy atom. The molecular formula is C8H7N2O3+. The summed E-state index contributed by atoms with van der Waals surface area (Å²) >= 11 is 0. The van der Waals surface area contributed by atoms with Gasteiger partial charge in [-0.25, -0.2) is 0 Å². The second-order valence-corrected chi connectivity index (χ2v) is 2.64. The Morgan fingerprint density at radius 2 is 2.15 bits per heavy atom. The summed E-state index contributed by atoms with van der Waals surface area (Å²) in [6, 6.07) is 4.13. The fourth-order valence-electron chi connectivity index (χ4n) is 1.17. The highest BCUT2D eigenvalue weighted by molar-refractivity contribution is 5.72. The lowest BCUT2D eigenvalue weighted by Crippen LogP contribution is -2.16. The minimum absolute atomic E-state index is 0.00139. The molecule has 1 aromatic carbocycles. The summed E-state index contributed by atoms with van der Waals surface area (Å²) in [5.74, 6) is 0.00139. The van der Waals surface area contributed by atoms with Crippen LogP contribution in [0.4, 0.5) is 0 Å². The van der Waals surface area contributed by atoms with Gasteiger partial charge in [-0.1, -0.05) is 0 Å². The molecule has 0 saturated carbocycles. The first kappa shape index (κ1) is 7.60. The van der Waals surface area contributed by atoms with E-state index >= 15 is 0 Å². The van der Waals surface area contributed by atoms with E-state index in [1.54, 1.807) is 0 Å². The van der Waals surface area contributed by atoms with Gasteiger partial charge in [0.1, 0.15) is 11.9 Å². The third kappa shape index (κ3) is 1.10. The van der Waals surface area contributed by atoms with E-state index in [-0.39, 0.29) is 11.3 Å². The minimum atomic E-state index is 0.00139. The van der Waals surface area contributed by atoms with Crippen molar-refractivity contribution in [2.45, 2.75) is 0 Å². The van der Waals surface area contributed by atoms with E-state index in [4.69, 9.17) is 5.11 Å². The van der Waals surface area contributed by atoms with Crippen molar-refractivity contribution in [1.29, 1.82) is 0 Å². The lowest BCUT2D eigenvalue weighted by Gasteiger charge is -1.97. The number of aromatic hydroxyl groups is 1. The molecular weight excluding hydrogens is 172 g/mol. The van der Waals surface area contributed by atoms with Gasteiger partial charge in [-0.05, 0) is 6.07 Å². The molecule has 0 fully saturated rings. The molecule has 0 aliphatic rings. The number of benzene rings is 1. The van der Waals surface area contributed by atoms with E-state index in [0.29, 0.717) is 9.94 Å². The standard InChI is InChI=1S/C8H6N2O3/c11-6-1-2-7-8(5-6)10(13)4-3-9(7)12/h1-5,13H/p+1. The number of hydrogen-bond acceptors (Lipinski definition) is 3. The van der Waals surface area contributed by atoms with Gasteiger partial charge in [-0.15, -0.1) is 0 Å². The molecule has 1 aromatic heterocycles. The van der Waals surface area contributed by atoms with E-state index in [1.165, 1.54) is 30.6 Å². The Kier molecular flexibility index (Phi) is 1.45. The van der Waals surface area contributed by atoms with Gasteiger partial charge in [0.2, 0.25) is 6.20 Å². The summed E-state index contributed by atoms with van der Waals surface area (Å²) in [6.45, 7) is 0. The zero-order valence-electron chi connectivity index (χ0n) is 6.58. The molecule has 0 atom stereocenters. The first-order valence-corrected chi connectivity index (χ1v) is 3.64. The maximum atomic E-state index is 11.2. The van der Waals surface area contributed by atoms with Crippen molar-refractivity contribution in [2.75, 3.05) is 0 Å². The summed E-state index contributed by atoms with van der Waals surface area (Å²) < 4.78 is 1.39. The maximum Gasteiger partial charge on any atom is 0.289 e. The molecule has 0 spiro atoms. The predicted octanol–water partition coefficient (Wildman–Crippen LogP) is 0.499. The second-order valence-electron chi connectivity index (χ2n) is 2.64. The van der Waals surface area contributed by atoms with Gasteiger partial charge in [0.25, 0.3) is 5.52 Å². The van der Waals surface area contributed by atoms with Crippen LogP contribution in [0.25, 0.3) is 11.0 Å². The second kappa shape index (κ2) is 2.48. The van der Waals surface area contributed by atoms with Gasteiger partial charge >= 0.3 is 0 Å². The smallest absolute Gasteiger partial charge is 0.289 e. The van der Waals surface area contributed by atoms with Crippen molar-refractivity contribution in [1.82, 2.24) is 4.73 Å². The highest BCUT2D eigenvalue weighted by Crippen LogP contribution is 2.15. The van der Waals surface area contributed by atoms with Gasteiger partial charge < -0.3 is 10.3 Å². The molecule has 13 heavy (non-hydrogen) atoms. The van der Waals surface area contributed by atoms with Crippen LogP contribution in [0.3, 0.4) is 0 Å². The van der Waals surface area contributed by atoms with Crippen LogP contribution in [0.15, 0.2) is 30.6 Å². The molecule has 2 aromatic rings. The van der Waals surface area contributed by atoms with Crippen LogP contribution in [0.1, 0.15) is 0 Å². The Labute approximate surface area is 72.7 Å². The topological polar surface area (TPSA) is 68.4 Å². The number of nitrogens with zero attached hydrogens (tertiary/aromatic N) is 2. The third-order valence-electron chi connectivity index (χ3n) is 1.79. The largest absolute Gasteiger partial charge is 0.508 e. The molecule has 0 amide bonds. The molecule has 0 unspecified atom stereocenters. The summed E-state index contributed by atoms with van der Waals surface area (Å²) in [5, 5.41) is 18.4. The molecule has 5 nitrogen and oxygen atoms in total. The maximum absolute atomic E-state index is 11.2. The summed E-state index contributed by atoms with van der Waals surface area (Å²) in [5.41, 5.74) is 0.556. The highest BCUT2D eigenvalue weighted by atomic mass is 16.5. The fourth-order valence-corrected chi connectivity index (χ4v) is 1.17. The average Bonchev–Trinajstić information content (AvgIpc) is 2.12. The van der Waals surface area contributed by atoms with Crippen LogP contribution in [0, 0.1) is 4.91 Å². The summed E-state index contributed by atoms with van der Waals surface area (Å²) in [6.07, 6.45) is 2.38. The number of phenolic OH excluding ortho intramolecular Hbond substituents is 1. The van der Waals surface area contributed by atoms with Gasteiger partial charge in [-0.2, -0.15) is 4.73 Å². The summed E-state index contributed by atoms with van der Waals surface area (Å²) in [7, 11) is 0. The predicted molar refractivity (Wildman–Crippen MR) is 44.2 cm³/mol. The zero-order valence-corrected chi connectivity index (χ0v) is 6.58. The van der Waals surface area contributed by atoms with Crippen LogP contribution in [-0.2, 0) is 0 Å². The van der Waals surface area contributed by atoms with Crippen LogP contribution < -0.4 is 4.43 Å². The molecule has 5 heteroatoms. The first-order valence-electron chi connectivity index (χ1n) is 3.64. The Hall–Kier alpha value is -2.04. The van der Waals surface area contributed by atoms with Crippen LogP contribution >= 0.6 is 0 Å². The van der Waals surface area contributed by atoms with Crippen molar-refractivity contribution in [3.8, 4) is 5.75 Å². The molecule has 0 radical (unpaired) electrons. The average molecular weight is 179 g/mol. The molecule has 0 aliphatic heterocycles. The molecule has 66 valence electrons. The van der Waals surface area contributed by atoms with Crippen molar-refractivity contribution in [3.63, 3.8) is 0 Å². The molecule has 1 heterocycles. The third-order valence-corrected chi connectivity index (χ3v) is 1.79. The van der Waals surface area contributed by atoms with Crippen LogP contribution in [0.5, 0.6) is 5.75 Å². The SMILES string of the molecule is O=[n+]1ccn(O)c2cc(O)ccc21. The van der Waals surface area contributed by atoms with Gasteiger partial charge in [0, 0.05) is 17.0 Å². The Morgan fingerprint density at radius 1 is 1.38 bits per heavy atom. The number of hydrogen-bond donors (Lipinski definition) is 2. The van der Waals surface area contributed by atoms with E-state index in [0.717, 1.165) is 4.73 Å². The van der Waals surface area contributed by atoms with Crippen molar-refractivity contribution in [3.05, 3.63) is 35.5 Å². The van der Waals surface area contributed by atoms with Crippen molar-refractivity contribution in [2.24, 2.45) is 0 Å². The Balaban J connectivity index is 3.01. The van der Waals surface area contributed by atoms with E-state index in [1.807, 2.05) is 0 Å². The molecule has 0 aliphatic carbocycles. The normalized spacial score (nSPS) is 10.5. The highest BCUT2D eigenvalue weighted by Gasteiger charge is 2.09. The minimum Gasteiger partial charge on any atom is -0.508 e. The van der Waals surface area contributed by atoms with E-state index in [9.17, 15) is 10.1 Å². The number of aromatic nitrogens is 2. The van der Waals surface area contributed by atoms with E-state index in [2.05, 4.69) is 0 Å². The number of phenols is 1. The van der Waals surface area contributed by atoms with Crippen molar-refractivity contribution >= 4 is 11.0 Å². The first-order chi connectivity index (χ1) is 6.18. The van der Waals surface area contributed by atoms with Gasteiger partial charge in [-0.3, -0.25) is 0 Å². The fraction of sp³-hybridized carbons (Fsp3) is 0.